The minimum Gasteiger partial charge on any atom is -0.504 e. The van der Waals surface area contributed by atoms with Crippen LogP contribution in [0, 0.1) is 41.4 Å². The molecular weight excluding hydrogens is 1180 g/mol. The number of hydrogen-bond acceptors (Lipinski definition) is 7. The van der Waals surface area contributed by atoms with Crippen molar-refractivity contribution in [1.29, 1.82) is 0 Å². The lowest BCUT2D eigenvalue weighted by atomic mass is 9.74. The number of fused-ring (bicyclic) bond motifs is 5. The summed E-state index contributed by atoms with van der Waals surface area (Å²) in [5.74, 6) is 3.81. The van der Waals surface area contributed by atoms with Crippen LogP contribution < -0.4 is 9.64 Å². The topological polar surface area (TPSA) is 67.1 Å². The third kappa shape index (κ3) is 11.6. The van der Waals surface area contributed by atoms with E-state index in [0.717, 1.165) is 90.8 Å². The van der Waals surface area contributed by atoms with Crippen molar-refractivity contribution >= 4 is 50.7 Å². The largest absolute Gasteiger partial charge is 0.504 e. The van der Waals surface area contributed by atoms with Crippen molar-refractivity contribution in [3.63, 3.8) is 0 Å². The molecule has 0 bridgehead atoms. The highest BCUT2D eigenvalue weighted by molar-refractivity contribution is 8.02. The molecule has 93 heavy (non-hydrogen) atoms. The van der Waals surface area contributed by atoms with Gasteiger partial charge in [-0.3, -0.25) is 0 Å². The summed E-state index contributed by atoms with van der Waals surface area (Å²) < 4.78 is 16.0. The summed E-state index contributed by atoms with van der Waals surface area (Å²) in [5.41, 5.74) is 31.7. The Morgan fingerprint density at radius 3 is 2.27 bits per heavy atom. The molecule has 8 heteroatoms. The molecule has 0 saturated carbocycles. The normalized spacial score (nSPS) is 28.7. The molecule has 0 spiro atoms. The summed E-state index contributed by atoms with van der Waals surface area (Å²) in [6, 6.07) is 15.4. The van der Waals surface area contributed by atoms with Gasteiger partial charge in [0.1, 0.15) is 22.2 Å². The number of aromatic nitrogens is 1. The molecule has 0 fully saturated rings. The van der Waals surface area contributed by atoms with Crippen molar-refractivity contribution in [3.8, 4) is 22.6 Å². The smallest absolute Gasteiger partial charge is 0.158 e. The standard InChI is InChI=1S/C85H96N2O4S2/c1-47-32-51(5)77(52(6)33-47)60-24-27-72-66(41-60)67-42-61(78-53(7)34-48(2)35-54(78)8)25-28-73(67)86(72)84-82(88)70(45-92-84)64-20-14-16-22-75(64)90-30-18-19-31-91-76-23-17-15-21-65(76)71-46-93-85(83(71)89)87-74-29-26-62(79-55(9)36-49(3)37-56(79)10)43-68(74)69-44-63(40-59(13)81(69)87)80-57(11)38-50(4)39-58(80)12/h14-17,20-21,23-24,26-27,29,32,34-36,38,41-46,49,52-53,58-59,68,74-75,78,82,84,88-89H,18-19,22,25,28,30-31,33,37,39-40H2,1-13H3. The van der Waals surface area contributed by atoms with Crippen LogP contribution in [0.15, 0.2) is 221 Å². The van der Waals surface area contributed by atoms with Gasteiger partial charge in [-0.05, 0) is 227 Å². The number of ether oxygens (including phenoxy) is 2. The van der Waals surface area contributed by atoms with E-state index in [4.69, 9.17) is 9.47 Å². The van der Waals surface area contributed by atoms with Crippen LogP contribution in [0.3, 0.4) is 0 Å². The van der Waals surface area contributed by atoms with Gasteiger partial charge in [0.05, 0.1) is 18.8 Å². The number of para-hydroxylation sites is 1. The van der Waals surface area contributed by atoms with Gasteiger partial charge in [0.15, 0.2) is 5.75 Å². The number of unbranched alkanes of at least 4 members (excludes halogenated alkanes) is 1. The molecule has 2 aliphatic heterocycles. The Kier molecular flexibility index (Phi) is 17.6. The van der Waals surface area contributed by atoms with Crippen molar-refractivity contribution in [2.75, 3.05) is 18.1 Å². The predicted molar refractivity (Wildman–Crippen MR) is 393 cm³/mol. The number of aliphatic hydroxyl groups is 1. The lowest BCUT2D eigenvalue weighted by molar-refractivity contribution is 0.0719. The molecule has 6 nitrogen and oxygen atoms in total. The lowest BCUT2D eigenvalue weighted by Crippen LogP contribution is -2.34. The van der Waals surface area contributed by atoms with Crippen molar-refractivity contribution in [1.82, 2.24) is 4.57 Å². The molecule has 0 saturated heterocycles. The van der Waals surface area contributed by atoms with E-state index in [1.54, 1.807) is 23.1 Å². The highest BCUT2D eigenvalue weighted by Gasteiger charge is 2.46. The number of aliphatic hydroxyl groups excluding tert-OH is 1. The zero-order chi connectivity index (χ0) is 64.8. The number of rotatable bonds is 15. The molecule has 4 heterocycles. The first kappa shape index (κ1) is 63.6. The average Bonchev–Trinajstić information content (AvgIpc) is 1.58. The van der Waals surface area contributed by atoms with Crippen LogP contribution in [-0.4, -0.2) is 46.2 Å². The molecule has 10 aliphatic rings. The number of allylic oxidation sites excluding steroid dienone is 24. The van der Waals surface area contributed by atoms with Gasteiger partial charge < -0.3 is 29.2 Å². The Bertz CT molecular complexity index is 4300. The molecule has 0 radical (unpaired) electrons. The van der Waals surface area contributed by atoms with E-state index in [-0.39, 0.29) is 29.4 Å². The van der Waals surface area contributed by atoms with Crippen LogP contribution in [0.1, 0.15) is 164 Å². The van der Waals surface area contributed by atoms with Crippen LogP contribution in [0.25, 0.3) is 33.7 Å². The fourth-order valence-corrected chi connectivity index (χ4v) is 21.0. The average molecular weight is 1270 g/mol. The SMILES string of the molecule is CC1=CC(C)C(C2=Cc3c(n(C4SC=C(C5=CC=CCC5OCCCCOc5ccccc5-c5csc(N6C7=C(C=C(C8=C(C)C=C(C)CC8C)CC7C)C7C=C(C8=C(C)CC(C)C=C8C)C=CC76)c5O)C4O)c4ccc(C5=C(C)C=C(C)CC5C)cc34)CC2)C(C)=C1. The molecule has 2 aromatic carbocycles. The van der Waals surface area contributed by atoms with E-state index in [9.17, 15) is 10.2 Å². The molecular formula is C85H96N2O4S2. The predicted octanol–water partition coefficient (Wildman–Crippen LogP) is 22.1. The van der Waals surface area contributed by atoms with E-state index in [1.165, 1.54) is 117 Å². The first-order valence-corrected chi connectivity index (χ1v) is 36.7. The third-order valence-corrected chi connectivity index (χ3v) is 24.2. The van der Waals surface area contributed by atoms with Gasteiger partial charge in [0.2, 0.25) is 0 Å². The Morgan fingerprint density at radius 2 is 1.51 bits per heavy atom. The summed E-state index contributed by atoms with van der Waals surface area (Å²) in [6.45, 7) is 31.3. The monoisotopic (exact) mass is 1270 g/mol. The van der Waals surface area contributed by atoms with Crippen molar-refractivity contribution in [3.05, 3.63) is 238 Å². The first-order valence-electron chi connectivity index (χ1n) is 34.9. The number of benzene rings is 2. The fraction of sp³-hybridized carbons (Fsp3) is 0.412. The molecule has 0 amide bonds. The van der Waals surface area contributed by atoms with Gasteiger partial charge in [0, 0.05) is 68.7 Å². The number of hydrogen-bond donors (Lipinski definition) is 2. The molecule has 482 valence electrons. The summed E-state index contributed by atoms with van der Waals surface area (Å²) >= 11 is 3.39. The van der Waals surface area contributed by atoms with E-state index < -0.39 is 6.10 Å². The highest BCUT2D eigenvalue weighted by atomic mass is 32.2. The number of anilines is 1. The Labute approximate surface area is 562 Å². The van der Waals surface area contributed by atoms with Gasteiger partial charge >= 0.3 is 0 Å². The maximum atomic E-state index is 12.7. The van der Waals surface area contributed by atoms with Crippen molar-refractivity contribution in [2.24, 2.45) is 41.4 Å². The second kappa shape index (κ2) is 25.7. The van der Waals surface area contributed by atoms with E-state index in [0.29, 0.717) is 48.6 Å². The van der Waals surface area contributed by atoms with Crippen LogP contribution in [0.2, 0.25) is 0 Å². The van der Waals surface area contributed by atoms with Crippen LogP contribution in [0.5, 0.6) is 11.5 Å². The molecule has 2 aromatic heterocycles. The number of thiophene rings is 1. The number of nitrogens with zero attached hydrogens (tertiary/aromatic N) is 2. The summed E-state index contributed by atoms with van der Waals surface area (Å²) in [6.07, 6.45) is 38.7. The van der Waals surface area contributed by atoms with Crippen molar-refractivity contribution < 1.29 is 19.7 Å². The number of aromatic hydroxyl groups is 1. The Hall–Kier alpha value is -6.81. The van der Waals surface area contributed by atoms with Crippen molar-refractivity contribution in [2.45, 2.75) is 171 Å². The zero-order valence-electron chi connectivity index (χ0n) is 57.3. The minimum absolute atomic E-state index is 0.0428. The Balaban J connectivity index is 0.666. The van der Waals surface area contributed by atoms with Gasteiger partial charge in [0.25, 0.3) is 0 Å². The number of thioether (sulfide) groups is 1. The summed E-state index contributed by atoms with van der Waals surface area (Å²) in [5, 5.41) is 31.7. The maximum absolute atomic E-state index is 12.7. The van der Waals surface area contributed by atoms with E-state index in [2.05, 4.69) is 214 Å². The summed E-state index contributed by atoms with van der Waals surface area (Å²) in [7, 11) is 0. The van der Waals surface area contributed by atoms with E-state index in [1.807, 2.05) is 18.2 Å². The van der Waals surface area contributed by atoms with E-state index >= 15 is 0 Å². The second-order valence-electron chi connectivity index (χ2n) is 29.4. The van der Waals surface area contributed by atoms with Crippen LogP contribution in [-0.2, 0) is 11.2 Å². The molecule has 4 aromatic rings. The molecule has 11 atom stereocenters. The first-order chi connectivity index (χ1) is 44.8. The van der Waals surface area contributed by atoms with Gasteiger partial charge in [-0.1, -0.05) is 171 Å². The van der Waals surface area contributed by atoms with Crippen LogP contribution in [0.4, 0.5) is 5.00 Å². The Morgan fingerprint density at radius 1 is 0.742 bits per heavy atom. The second-order valence-corrected chi connectivity index (χ2v) is 31.3. The molecule has 2 N–H and O–H groups in total. The minimum atomic E-state index is -0.707. The highest BCUT2D eigenvalue weighted by Crippen LogP contribution is 2.57. The summed E-state index contributed by atoms with van der Waals surface area (Å²) in [4.78, 5) is 2.50. The molecule has 11 unspecified atom stereocenters. The zero-order valence-corrected chi connectivity index (χ0v) is 58.9. The maximum Gasteiger partial charge on any atom is 0.158 e. The van der Waals surface area contributed by atoms with Gasteiger partial charge in [-0.2, -0.15) is 0 Å². The molecule has 14 rings (SSSR count). The third-order valence-electron chi connectivity index (χ3n) is 22.1. The van der Waals surface area contributed by atoms with Gasteiger partial charge in [-0.15, -0.1) is 23.1 Å². The quantitative estimate of drug-likeness (QED) is 0.116. The van der Waals surface area contributed by atoms with Crippen LogP contribution >= 0.6 is 23.1 Å². The fourth-order valence-electron chi connectivity index (χ4n) is 18.8. The lowest BCUT2D eigenvalue weighted by Gasteiger charge is -2.34. The molecule has 8 aliphatic carbocycles. The van der Waals surface area contributed by atoms with Gasteiger partial charge in [-0.25, -0.2) is 0 Å².